The Morgan fingerprint density at radius 3 is 2.45 bits per heavy atom. The number of fused-ring (bicyclic) bond motifs is 1. The zero-order valence-corrected chi connectivity index (χ0v) is 16.3. The maximum atomic E-state index is 12.3. The number of hydrogen-bond donors (Lipinski definition) is 1. The fraction of sp³-hybridized carbons (Fsp3) is 0.318. The van der Waals surface area contributed by atoms with Crippen LogP contribution in [0.3, 0.4) is 0 Å². The van der Waals surface area contributed by atoms with Crippen molar-refractivity contribution in [2.75, 3.05) is 18.5 Å². The van der Waals surface area contributed by atoms with Crippen LogP contribution >= 0.6 is 0 Å². The molecule has 7 heteroatoms. The summed E-state index contributed by atoms with van der Waals surface area (Å²) in [6, 6.07) is 13.5. The molecule has 0 spiro atoms. The van der Waals surface area contributed by atoms with Gasteiger partial charge >= 0.3 is 5.97 Å². The minimum absolute atomic E-state index is 0.0226. The lowest BCUT2D eigenvalue weighted by atomic mass is 10.1. The number of amides is 1. The topological polar surface area (TPSA) is 90.9 Å². The van der Waals surface area contributed by atoms with Gasteiger partial charge in [-0.2, -0.15) is 0 Å². The lowest BCUT2D eigenvalue weighted by Crippen LogP contribution is -2.38. The Bertz CT molecular complexity index is 890. The van der Waals surface area contributed by atoms with Gasteiger partial charge in [-0.3, -0.25) is 9.59 Å². The minimum Gasteiger partial charge on any atom is -0.485 e. The molecule has 2 aromatic carbocycles. The molecule has 0 aromatic heterocycles. The summed E-state index contributed by atoms with van der Waals surface area (Å²) in [6.45, 7) is 3.55. The van der Waals surface area contributed by atoms with Gasteiger partial charge in [-0.1, -0.05) is 26.0 Å². The van der Waals surface area contributed by atoms with Crippen molar-refractivity contribution >= 4 is 23.3 Å². The molecule has 0 fully saturated rings. The van der Waals surface area contributed by atoms with Crippen LogP contribution in [0.4, 0.5) is 5.69 Å². The van der Waals surface area contributed by atoms with E-state index >= 15 is 0 Å². The van der Waals surface area contributed by atoms with Gasteiger partial charge in [-0.15, -0.1) is 0 Å². The monoisotopic (exact) mass is 397 g/mol. The second kappa shape index (κ2) is 9.23. The molecule has 152 valence electrons. The van der Waals surface area contributed by atoms with Gasteiger partial charge in [0.05, 0.1) is 0 Å². The van der Waals surface area contributed by atoms with Crippen molar-refractivity contribution in [3.05, 3.63) is 54.1 Å². The summed E-state index contributed by atoms with van der Waals surface area (Å²) in [5.74, 6) is 0.193. The summed E-state index contributed by atoms with van der Waals surface area (Å²) in [5.41, 5.74) is 0.987. The number of carbonyl (C=O) groups excluding carboxylic acids is 3. The van der Waals surface area contributed by atoms with Crippen LogP contribution in [0, 0.1) is 5.92 Å². The Kier molecular flexibility index (Phi) is 6.49. The summed E-state index contributed by atoms with van der Waals surface area (Å²) >= 11 is 0. The molecule has 1 atom stereocenters. The van der Waals surface area contributed by atoms with E-state index in [4.69, 9.17) is 14.2 Å². The average molecular weight is 397 g/mol. The Balaban J connectivity index is 1.49. The number of hydrogen-bond acceptors (Lipinski definition) is 6. The van der Waals surface area contributed by atoms with E-state index in [0.717, 1.165) is 0 Å². The molecule has 1 aliphatic heterocycles. The standard InChI is InChI=1S/C22H23NO6/c1-14(2)11-21(25)23-16-9-7-15(8-10-16)17(24)12-28-22(26)20-13-27-18-5-3-4-6-19(18)29-20/h3-10,14,20H,11-13H2,1-2H3,(H,23,25)/t20-/m1/s1. The van der Waals surface area contributed by atoms with E-state index in [-0.39, 0.29) is 24.2 Å². The molecule has 29 heavy (non-hydrogen) atoms. The van der Waals surface area contributed by atoms with Crippen LogP contribution in [0.1, 0.15) is 30.6 Å². The maximum Gasteiger partial charge on any atom is 0.351 e. The smallest absolute Gasteiger partial charge is 0.351 e. The van der Waals surface area contributed by atoms with E-state index in [1.807, 2.05) is 13.8 Å². The van der Waals surface area contributed by atoms with Crippen molar-refractivity contribution in [3.63, 3.8) is 0 Å². The highest BCUT2D eigenvalue weighted by Crippen LogP contribution is 2.31. The highest BCUT2D eigenvalue weighted by molar-refractivity contribution is 5.99. The third-order valence-electron chi connectivity index (χ3n) is 4.20. The van der Waals surface area contributed by atoms with Gasteiger partial charge in [0.15, 0.2) is 23.9 Å². The summed E-state index contributed by atoms with van der Waals surface area (Å²) in [4.78, 5) is 36.2. The number of Topliss-reactive ketones (excluding diaryl/α,β-unsaturated/α-hetero) is 1. The fourth-order valence-corrected chi connectivity index (χ4v) is 2.77. The van der Waals surface area contributed by atoms with Gasteiger partial charge in [0.2, 0.25) is 12.0 Å². The first-order valence-corrected chi connectivity index (χ1v) is 9.40. The molecule has 0 unspecified atom stereocenters. The molecule has 3 rings (SSSR count). The van der Waals surface area contributed by atoms with Crippen molar-refractivity contribution in [3.8, 4) is 11.5 Å². The van der Waals surface area contributed by atoms with Gasteiger partial charge in [0.1, 0.15) is 6.61 Å². The second-order valence-corrected chi connectivity index (χ2v) is 7.12. The third-order valence-corrected chi connectivity index (χ3v) is 4.20. The molecule has 0 bridgehead atoms. The van der Waals surface area contributed by atoms with Crippen molar-refractivity contribution < 1.29 is 28.6 Å². The van der Waals surface area contributed by atoms with E-state index in [9.17, 15) is 14.4 Å². The van der Waals surface area contributed by atoms with Crippen LogP contribution in [0.15, 0.2) is 48.5 Å². The molecule has 0 aliphatic carbocycles. The van der Waals surface area contributed by atoms with Gasteiger partial charge in [-0.25, -0.2) is 4.79 Å². The van der Waals surface area contributed by atoms with E-state index in [2.05, 4.69) is 5.32 Å². The molecule has 0 saturated heterocycles. The minimum atomic E-state index is -0.920. The number of esters is 1. The number of nitrogens with one attached hydrogen (secondary N) is 1. The number of benzene rings is 2. The normalized spacial score (nSPS) is 14.9. The number of anilines is 1. The number of rotatable bonds is 7. The Hall–Kier alpha value is -3.35. The molecule has 0 saturated carbocycles. The van der Waals surface area contributed by atoms with Crippen LogP contribution in [0.2, 0.25) is 0 Å². The van der Waals surface area contributed by atoms with Crippen molar-refractivity contribution in [1.82, 2.24) is 0 Å². The van der Waals surface area contributed by atoms with E-state index in [1.165, 1.54) is 0 Å². The van der Waals surface area contributed by atoms with Gasteiger partial charge in [0, 0.05) is 17.7 Å². The Labute approximate surface area is 169 Å². The average Bonchev–Trinajstić information content (AvgIpc) is 2.71. The number of ether oxygens (including phenoxy) is 3. The fourth-order valence-electron chi connectivity index (χ4n) is 2.77. The van der Waals surface area contributed by atoms with Gasteiger partial charge in [-0.05, 0) is 42.3 Å². The summed E-state index contributed by atoms with van der Waals surface area (Å²) in [7, 11) is 0. The van der Waals surface area contributed by atoms with Crippen molar-refractivity contribution in [2.45, 2.75) is 26.4 Å². The summed E-state index contributed by atoms with van der Waals surface area (Å²) in [6.07, 6.45) is -0.495. The van der Waals surface area contributed by atoms with Crippen molar-refractivity contribution in [2.24, 2.45) is 5.92 Å². The van der Waals surface area contributed by atoms with E-state index < -0.39 is 18.7 Å². The highest BCUT2D eigenvalue weighted by Gasteiger charge is 2.29. The van der Waals surface area contributed by atoms with Crippen LogP contribution in [-0.4, -0.2) is 37.0 Å². The summed E-state index contributed by atoms with van der Waals surface area (Å²) < 4.78 is 16.1. The first-order chi connectivity index (χ1) is 13.9. The van der Waals surface area contributed by atoms with Crippen LogP contribution in [0.5, 0.6) is 11.5 Å². The third kappa shape index (κ3) is 5.57. The number of para-hydroxylation sites is 2. The molecule has 1 aliphatic rings. The molecule has 1 amide bonds. The Morgan fingerprint density at radius 2 is 1.76 bits per heavy atom. The van der Waals surface area contributed by atoms with Crippen LogP contribution < -0.4 is 14.8 Å². The second-order valence-electron chi connectivity index (χ2n) is 7.12. The molecule has 7 nitrogen and oxygen atoms in total. The largest absolute Gasteiger partial charge is 0.485 e. The van der Waals surface area contributed by atoms with E-state index in [1.54, 1.807) is 48.5 Å². The molecule has 2 aromatic rings. The first kappa shape index (κ1) is 20.4. The quantitative estimate of drug-likeness (QED) is 0.570. The highest BCUT2D eigenvalue weighted by atomic mass is 16.6. The SMILES string of the molecule is CC(C)CC(=O)Nc1ccc(C(=O)COC(=O)[C@H]2COc3ccccc3O2)cc1. The molecule has 0 radical (unpaired) electrons. The molecule has 1 N–H and O–H groups in total. The maximum absolute atomic E-state index is 12.3. The molecular formula is C22H23NO6. The predicted octanol–water partition coefficient (Wildman–Crippen LogP) is 3.24. The zero-order valence-electron chi connectivity index (χ0n) is 16.3. The summed E-state index contributed by atoms with van der Waals surface area (Å²) in [5, 5.41) is 2.77. The van der Waals surface area contributed by atoms with Gasteiger partial charge < -0.3 is 19.5 Å². The van der Waals surface area contributed by atoms with E-state index in [0.29, 0.717) is 29.2 Å². The number of ketones is 1. The first-order valence-electron chi connectivity index (χ1n) is 9.40. The van der Waals surface area contributed by atoms with Crippen LogP contribution in [0.25, 0.3) is 0 Å². The number of carbonyl (C=O) groups is 3. The van der Waals surface area contributed by atoms with Crippen molar-refractivity contribution in [1.29, 1.82) is 0 Å². The Morgan fingerprint density at radius 1 is 1.07 bits per heavy atom. The zero-order chi connectivity index (χ0) is 20.8. The predicted molar refractivity (Wildman–Crippen MR) is 106 cm³/mol. The molecule has 1 heterocycles. The lowest BCUT2D eigenvalue weighted by Gasteiger charge is -2.24. The lowest BCUT2D eigenvalue weighted by molar-refractivity contribution is -0.153. The van der Waals surface area contributed by atoms with Crippen LogP contribution in [-0.2, 0) is 14.3 Å². The van der Waals surface area contributed by atoms with Gasteiger partial charge in [0.25, 0.3) is 0 Å². The molecular weight excluding hydrogens is 374 g/mol.